The highest BCUT2D eigenvalue weighted by atomic mass is 19.2. The summed E-state index contributed by atoms with van der Waals surface area (Å²) in [7, 11) is 0. The molecule has 0 saturated carbocycles. The number of carbonyl (C=O) groups excluding carboxylic acids is 3. The molecule has 4 rings (SSSR count). The molecule has 2 aromatic carbocycles. The molecule has 0 bridgehead atoms. The lowest BCUT2D eigenvalue weighted by Crippen LogP contribution is -2.38. The summed E-state index contributed by atoms with van der Waals surface area (Å²) < 4.78 is 42.6. The van der Waals surface area contributed by atoms with Crippen LogP contribution in [0, 0.1) is 17.6 Å². The zero-order chi connectivity index (χ0) is 25.8. The summed E-state index contributed by atoms with van der Waals surface area (Å²) in [5, 5.41) is 2.74. The van der Waals surface area contributed by atoms with Gasteiger partial charge in [0.25, 0.3) is 11.8 Å². The molecular formula is C25H23F2N3O6. The van der Waals surface area contributed by atoms with Crippen LogP contribution in [0.3, 0.4) is 0 Å². The van der Waals surface area contributed by atoms with Crippen LogP contribution in [-0.4, -0.2) is 42.3 Å². The summed E-state index contributed by atoms with van der Waals surface area (Å²) in [6.45, 7) is 3.66. The number of hydrogen-bond acceptors (Lipinski definition) is 7. The van der Waals surface area contributed by atoms with Gasteiger partial charge in [0.15, 0.2) is 36.3 Å². The van der Waals surface area contributed by atoms with Crippen LogP contribution < -0.4 is 19.7 Å². The highest BCUT2D eigenvalue weighted by molar-refractivity contribution is 6.02. The third-order valence-corrected chi connectivity index (χ3v) is 5.23. The van der Waals surface area contributed by atoms with Crippen molar-refractivity contribution in [2.75, 3.05) is 24.7 Å². The Labute approximate surface area is 205 Å². The number of hydrogen-bond donors (Lipinski definition) is 1. The van der Waals surface area contributed by atoms with Gasteiger partial charge in [0, 0.05) is 18.2 Å². The van der Waals surface area contributed by atoms with Crippen molar-refractivity contribution in [3.8, 4) is 11.5 Å². The number of rotatable bonds is 9. The molecule has 11 heteroatoms. The molecule has 188 valence electrons. The molecule has 0 aliphatic carbocycles. The van der Waals surface area contributed by atoms with E-state index in [-0.39, 0.29) is 47.9 Å². The molecule has 36 heavy (non-hydrogen) atoms. The highest BCUT2D eigenvalue weighted by Crippen LogP contribution is 2.34. The molecule has 0 fully saturated rings. The average molecular weight is 499 g/mol. The Morgan fingerprint density at radius 1 is 1.17 bits per heavy atom. The Kier molecular flexibility index (Phi) is 7.28. The maximum absolute atomic E-state index is 13.4. The van der Waals surface area contributed by atoms with E-state index in [1.165, 1.54) is 29.4 Å². The third kappa shape index (κ3) is 5.68. The van der Waals surface area contributed by atoms with E-state index in [2.05, 4.69) is 10.3 Å². The lowest BCUT2D eigenvalue weighted by atomic mass is 10.1. The molecule has 0 saturated heterocycles. The Balaban J connectivity index is 1.48. The summed E-state index contributed by atoms with van der Waals surface area (Å²) in [5.41, 5.74) is 0.611. The average Bonchev–Trinajstić information content (AvgIpc) is 3.33. The Morgan fingerprint density at radius 3 is 2.72 bits per heavy atom. The summed E-state index contributed by atoms with van der Waals surface area (Å²) in [4.78, 5) is 43.0. The normalized spacial score (nSPS) is 12.8. The van der Waals surface area contributed by atoms with Gasteiger partial charge in [-0.3, -0.25) is 19.3 Å². The largest absolute Gasteiger partial charge is 0.485 e. The van der Waals surface area contributed by atoms with Gasteiger partial charge >= 0.3 is 0 Å². The van der Waals surface area contributed by atoms with Crippen molar-refractivity contribution in [3.63, 3.8) is 0 Å². The van der Waals surface area contributed by atoms with Crippen LogP contribution >= 0.6 is 0 Å². The second-order valence-electron chi connectivity index (χ2n) is 8.47. The van der Waals surface area contributed by atoms with E-state index in [9.17, 15) is 23.2 Å². The number of nitrogens with zero attached hydrogens (tertiary/aromatic N) is 2. The summed E-state index contributed by atoms with van der Waals surface area (Å²) in [6.07, 6.45) is 1.21. The van der Waals surface area contributed by atoms with Crippen LogP contribution in [0.15, 0.2) is 47.1 Å². The quantitative estimate of drug-likeness (QED) is 0.449. The number of benzene rings is 2. The summed E-state index contributed by atoms with van der Waals surface area (Å²) >= 11 is 0. The summed E-state index contributed by atoms with van der Waals surface area (Å²) in [5.74, 6) is -2.59. The SMILES string of the molecule is CC(C)CNC(=O)c1coc(CN2C(=O)COc3ccc(C(=O)COc4ccc(F)c(F)c4)cc32)n1. The minimum atomic E-state index is -1.09. The molecule has 0 spiro atoms. The number of ether oxygens (including phenoxy) is 2. The first-order chi connectivity index (χ1) is 17.2. The molecule has 3 aromatic rings. The Bertz CT molecular complexity index is 1310. The van der Waals surface area contributed by atoms with Crippen LogP contribution in [-0.2, 0) is 11.3 Å². The number of fused-ring (bicyclic) bond motifs is 1. The van der Waals surface area contributed by atoms with E-state index in [4.69, 9.17) is 13.9 Å². The second kappa shape index (κ2) is 10.5. The first-order valence-electron chi connectivity index (χ1n) is 11.1. The minimum absolute atomic E-state index is 0.00234. The van der Waals surface area contributed by atoms with E-state index in [0.717, 1.165) is 12.1 Å². The van der Waals surface area contributed by atoms with Crippen molar-refractivity contribution in [3.05, 3.63) is 71.4 Å². The van der Waals surface area contributed by atoms with E-state index in [1.54, 1.807) is 6.07 Å². The Morgan fingerprint density at radius 2 is 1.97 bits per heavy atom. The first-order valence-corrected chi connectivity index (χ1v) is 11.1. The molecule has 1 aliphatic rings. The van der Waals surface area contributed by atoms with Crippen molar-refractivity contribution in [1.29, 1.82) is 0 Å². The fraction of sp³-hybridized carbons (Fsp3) is 0.280. The van der Waals surface area contributed by atoms with E-state index >= 15 is 0 Å². The molecule has 1 aromatic heterocycles. The van der Waals surface area contributed by atoms with Gasteiger partial charge in [0.05, 0.1) is 5.69 Å². The van der Waals surface area contributed by atoms with Crippen LogP contribution in [0.5, 0.6) is 11.5 Å². The number of carbonyl (C=O) groups is 3. The highest BCUT2D eigenvalue weighted by Gasteiger charge is 2.28. The van der Waals surface area contributed by atoms with Crippen LogP contribution in [0.4, 0.5) is 14.5 Å². The number of amides is 2. The standard InChI is InChI=1S/C25H23F2N3O6/c1-14(2)9-28-25(33)19-11-36-23(29-19)10-30-20-7-15(3-6-22(20)35-13-24(30)32)21(31)12-34-16-4-5-17(26)18(27)8-16/h3-8,11,14H,9-10,12-13H2,1-2H3,(H,28,33). The number of ketones is 1. The van der Waals surface area contributed by atoms with Crippen molar-refractivity contribution >= 4 is 23.3 Å². The van der Waals surface area contributed by atoms with Crippen molar-refractivity contribution < 1.29 is 37.1 Å². The van der Waals surface area contributed by atoms with Gasteiger partial charge in [-0.2, -0.15) is 0 Å². The monoisotopic (exact) mass is 499 g/mol. The predicted octanol–water partition coefficient (Wildman–Crippen LogP) is 3.53. The lowest BCUT2D eigenvalue weighted by molar-refractivity contribution is -0.121. The van der Waals surface area contributed by atoms with Crippen molar-refractivity contribution in [2.24, 2.45) is 5.92 Å². The van der Waals surface area contributed by atoms with E-state index in [0.29, 0.717) is 18.0 Å². The maximum atomic E-state index is 13.4. The second-order valence-corrected chi connectivity index (χ2v) is 8.47. The predicted molar refractivity (Wildman–Crippen MR) is 123 cm³/mol. The van der Waals surface area contributed by atoms with Crippen LogP contribution in [0.1, 0.15) is 40.6 Å². The Hall–Kier alpha value is -4.28. The summed E-state index contributed by atoms with van der Waals surface area (Å²) in [6, 6.07) is 7.46. The van der Waals surface area contributed by atoms with Gasteiger partial charge in [-0.1, -0.05) is 13.8 Å². The zero-order valence-corrected chi connectivity index (χ0v) is 19.5. The molecule has 2 heterocycles. The number of nitrogens with one attached hydrogen (secondary N) is 1. The molecule has 2 amide bonds. The smallest absolute Gasteiger partial charge is 0.273 e. The van der Waals surface area contributed by atoms with Gasteiger partial charge in [0.1, 0.15) is 24.3 Å². The van der Waals surface area contributed by atoms with E-state index < -0.39 is 29.9 Å². The van der Waals surface area contributed by atoms with Crippen molar-refractivity contribution in [2.45, 2.75) is 20.4 Å². The first kappa shape index (κ1) is 24.8. The van der Waals surface area contributed by atoms with Crippen LogP contribution in [0.2, 0.25) is 0 Å². The molecule has 0 unspecified atom stereocenters. The van der Waals surface area contributed by atoms with E-state index in [1.807, 2.05) is 13.8 Å². The van der Waals surface area contributed by atoms with Gasteiger partial charge in [0.2, 0.25) is 5.89 Å². The number of Topliss-reactive ketones (excluding diaryl/α,β-unsaturated/α-hetero) is 1. The van der Waals surface area contributed by atoms with Gasteiger partial charge in [-0.15, -0.1) is 0 Å². The number of halogens is 2. The van der Waals surface area contributed by atoms with Gasteiger partial charge in [-0.25, -0.2) is 13.8 Å². The molecule has 1 N–H and O–H groups in total. The zero-order valence-electron chi connectivity index (χ0n) is 19.5. The molecule has 1 aliphatic heterocycles. The fourth-order valence-electron chi connectivity index (χ4n) is 3.36. The molecular weight excluding hydrogens is 476 g/mol. The fourth-order valence-corrected chi connectivity index (χ4v) is 3.36. The van der Waals surface area contributed by atoms with Gasteiger partial charge < -0.3 is 19.2 Å². The van der Waals surface area contributed by atoms with Gasteiger partial charge in [-0.05, 0) is 36.2 Å². The lowest BCUT2D eigenvalue weighted by Gasteiger charge is -2.28. The third-order valence-electron chi connectivity index (χ3n) is 5.23. The topological polar surface area (TPSA) is 111 Å². The number of aromatic nitrogens is 1. The minimum Gasteiger partial charge on any atom is -0.485 e. The number of oxazole rings is 1. The number of anilines is 1. The molecule has 0 atom stereocenters. The molecule has 0 radical (unpaired) electrons. The molecule has 9 nitrogen and oxygen atoms in total. The van der Waals surface area contributed by atoms with Crippen molar-refractivity contribution in [1.82, 2.24) is 10.3 Å². The van der Waals surface area contributed by atoms with Crippen LogP contribution in [0.25, 0.3) is 0 Å². The maximum Gasteiger partial charge on any atom is 0.273 e.